The minimum Gasteiger partial charge on any atom is -0.442 e. The summed E-state index contributed by atoms with van der Waals surface area (Å²) in [5, 5.41) is 11.9. The van der Waals surface area contributed by atoms with E-state index in [-0.39, 0.29) is 24.8 Å². The summed E-state index contributed by atoms with van der Waals surface area (Å²) in [6.07, 6.45) is 0.969. The van der Waals surface area contributed by atoms with Gasteiger partial charge in [-0.25, -0.2) is 9.18 Å². The molecule has 2 aliphatic heterocycles. The van der Waals surface area contributed by atoms with E-state index in [4.69, 9.17) is 4.74 Å². The van der Waals surface area contributed by atoms with Gasteiger partial charge in [-0.05, 0) is 24.5 Å². The molecule has 1 aromatic heterocycles. The summed E-state index contributed by atoms with van der Waals surface area (Å²) in [4.78, 5) is 28.8. The van der Waals surface area contributed by atoms with E-state index in [2.05, 4.69) is 20.4 Å². The first kappa shape index (κ1) is 21.6. The first-order valence-electron chi connectivity index (χ1n) is 9.84. The largest absolute Gasteiger partial charge is 0.442 e. The van der Waals surface area contributed by atoms with Crippen LogP contribution < -0.4 is 20.0 Å². The molecule has 2 saturated heterocycles. The molecule has 2 amide bonds. The molecule has 0 spiro atoms. The maximum Gasteiger partial charge on any atom is 0.414 e. The number of cyclic esters (lactones) is 1. The van der Waals surface area contributed by atoms with E-state index in [1.54, 1.807) is 35.2 Å². The Bertz CT molecular complexity index is 966. The highest BCUT2D eigenvalue weighted by atomic mass is 32.2. The molecule has 3 heterocycles. The molecule has 2 aliphatic rings. The van der Waals surface area contributed by atoms with Crippen molar-refractivity contribution in [2.75, 3.05) is 60.2 Å². The van der Waals surface area contributed by atoms with Crippen LogP contribution in [0.3, 0.4) is 0 Å². The van der Waals surface area contributed by atoms with E-state index < -0.39 is 12.2 Å². The molecule has 166 valence electrons. The number of carbonyl (C=O) groups excluding carboxylic acids is 2. The van der Waals surface area contributed by atoms with Gasteiger partial charge in [0.15, 0.2) is 4.34 Å². The fraction of sp³-hybridized carbons (Fsp3) is 0.474. The Morgan fingerprint density at radius 2 is 2.03 bits per heavy atom. The van der Waals surface area contributed by atoms with Crippen LogP contribution in [0.5, 0.6) is 0 Å². The first-order valence-corrected chi connectivity index (χ1v) is 11.9. The lowest BCUT2D eigenvalue weighted by Gasteiger charge is -2.36. The van der Waals surface area contributed by atoms with Crippen molar-refractivity contribution in [2.45, 2.75) is 17.4 Å². The van der Waals surface area contributed by atoms with E-state index in [1.807, 2.05) is 11.2 Å². The van der Waals surface area contributed by atoms with Crippen molar-refractivity contribution in [1.29, 1.82) is 0 Å². The van der Waals surface area contributed by atoms with Gasteiger partial charge < -0.3 is 19.9 Å². The maximum atomic E-state index is 14.9. The van der Waals surface area contributed by atoms with Crippen molar-refractivity contribution in [3.63, 3.8) is 0 Å². The average Bonchev–Trinajstić information content (AvgIpc) is 3.39. The normalized spacial score (nSPS) is 19.0. The number of hydrogen-bond acceptors (Lipinski definition) is 9. The highest BCUT2D eigenvalue weighted by Crippen LogP contribution is 2.30. The number of aromatic nitrogens is 2. The molecule has 0 radical (unpaired) electrons. The number of halogens is 1. The molecule has 9 nitrogen and oxygen atoms in total. The van der Waals surface area contributed by atoms with Gasteiger partial charge in [-0.2, -0.15) is 0 Å². The molecule has 0 bridgehead atoms. The van der Waals surface area contributed by atoms with Gasteiger partial charge >= 0.3 is 6.09 Å². The van der Waals surface area contributed by atoms with Gasteiger partial charge in [0.2, 0.25) is 11.0 Å². The average molecular weight is 467 g/mol. The van der Waals surface area contributed by atoms with E-state index in [9.17, 15) is 14.0 Å². The topological polar surface area (TPSA) is 90.9 Å². The van der Waals surface area contributed by atoms with Gasteiger partial charge in [-0.15, -0.1) is 10.2 Å². The fourth-order valence-electron chi connectivity index (χ4n) is 3.57. The van der Waals surface area contributed by atoms with E-state index in [0.29, 0.717) is 24.5 Å². The zero-order chi connectivity index (χ0) is 22.0. The van der Waals surface area contributed by atoms with Crippen LogP contribution in [0.25, 0.3) is 0 Å². The fourth-order valence-corrected chi connectivity index (χ4v) is 4.88. The number of benzene rings is 1. The van der Waals surface area contributed by atoms with Crippen LogP contribution in [-0.4, -0.2) is 73.8 Å². The quantitative estimate of drug-likeness (QED) is 0.648. The van der Waals surface area contributed by atoms with Crippen molar-refractivity contribution in [2.24, 2.45) is 0 Å². The van der Waals surface area contributed by atoms with Gasteiger partial charge in [0, 0.05) is 33.1 Å². The van der Waals surface area contributed by atoms with Gasteiger partial charge in [0.05, 0.1) is 24.5 Å². The highest BCUT2D eigenvalue weighted by molar-refractivity contribution is 8.00. The predicted molar refractivity (Wildman–Crippen MR) is 119 cm³/mol. The molecule has 1 aromatic carbocycles. The summed E-state index contributed by atoms with van der Waals surface area (Å²) >= 11 is 3.13. The Labute approximate surface area is 187 Å². The number of anilines is 3. The molecule has 1 atom stereocenters. The summed E-state index contributed by atoms with van der Waals surface area (Å²) < 4.78 is 21.1. The second-order valence-electron chi connectivity index (χ2n) is 7.22. The molecule has 2 aromatic rings. The number of carbonyl (C=O) groups is 2. The number of nitrogens with one attached hydrogen (secondary N) is 1. The lowest BCUT2D eigenvalue weighted by atomic mass is 10.2. The number of thioether (sulfide) groups is 1. The summed E-state index contributed by atoms with van der Waals surface area (Å²) in [5.41, 5.74) is 0.946. The summed E-state index contributed by atoms with van der Waals surface area (Å²) in [7, 11) is 0. The van der Waals surface area contributed by atoms with Crippen molar-refractivity contribution in [3.8, 4) is 0 Å². The molecule has 4 rings (SSSR count). The second kappa shape index (κ2) is 9.27. The lowest BCUT2D eigenvalue weighted by molar-refractivity contribution is -0.119. The number of rotatable bonds is 6. The van der Waals surface area contributed by atoms with Crippen molar-refractivity contribution in [1.82, 2.24) is 15.5 Å². The second-order valence-corrected chi connectivity index (χ2v) is 9.23. The first-order chi connectivity index (χ1) is 14.9. The maximum absolute atomic E-state index is 14.9. The molecular formula is C19H23FN6O3S2. The van der Waals surface area contributed by atoms with E-state index in [0.717, 1.165) is 22.6 Å². The standard InChI is InChI=1S/C19H23FN6O3S2/c1-12(27)21-10-14-11-26(19(28)29-14)13-3-4-16(15(20)9-13)24-5-7-25(8-6-24)17-22-23-18(30-2)31-17/h3-4,9,14H,5-8,10-11H2,1-2H3,(H,21,27)/t14-/m0/s1. The van der Waals surface area contributed by atoms with Crippen LogP contribution in [0.1, 0.15) is 6.92 Å². The summed E-state index contributed by atoms with van der Waals surface area (Å²) in [5.74, 6) is -0.578. The van der Waals surface area contributed by atoms with Crippen molar-refractivity contribution < 1.29 is 18.7 Å². The third kappa shape index (κ3) is 4.85. The molecule has 2 fully saturated rings. The number of ether oxygens (including phenoxy) is 1. The van der Waals surface area contributed by atoms with E-state index >= 15 is 0 Å². The molecule has 0 saturated carbocycles. The van der Waals surface area contributed by atoms with Gasteiger partial charge in [0.25, 0.3) is 0 Å². The molecule has 1 N–H and O–H groups in total. The predicted octanol–water partition coefficient (Wildman–Crippen LogP) is 2.19. The van der Waals surface area contributed by atoms with Crippen LogP contribution in [-0.2, 0) is 9.53 Å². The van der Waals surface area contributed by atoms with Gasteiger partial charge in [0.1, 0.15) is 11.9 Å². The van der Waals surface area contributed by atoms with Crippen LogP contribution in [0.2, 0.25) is 0 Å². The smallest absolute Gasteiger partial charge is 0.414 e. The number of amides is 2. The van der Waals surface area contributed by atoms with Gasteiger partial charge in [-0.1, -0.05) is 23.1 Å². The third-order valence-corrected chi connectivity index (χ3v) is 7.12. The van der Waals surface area contributed by atoms with Crippen LogP contribution >= 0.6 is 23.1 Å². The van der Waals surface area contributed by atoms with Crippen molar-refractivity contribution in [3.05, 3.63) is 24.0 Å². The van der Waals surface area contributed by atoms with Gasteiger partial charge in [-0.3, -0.25) is 9.69 Å². The Morgan fingerprint density at radius 1 is 1.29 bits per heavy atom. The minimum atomic E-state index is -0.544. The number of piperazine rings is 1. The zero-order valence-electron chi connectivity index (χ0n) is 17.2. The number of hydrogen-bond donors (Lipinski definition) is 1. The molecule has 0 unspecified atom stereocenters. The van der Waals surface area contributed by atoms with Crippen LogP contribution in [0.4, 0.5) is 25.7 Å². The van der Waals surface area contributed by atoms with E-state index in [1.165, 1.54) is 17.9 Å². The van der Waals surface area contributed by atoms with Crippen LogP contribution in [0.15, 0.2) is 22.5 Å². The molecule has 31 heavy (non-hydrogen) atoms. The number of nitrogens with zero attached hydrogens (tertiary/aromatic N) is 5. The Balaban J connectivity index is 1.38. The lowest BCUT2D eigenvalue weighted by Crippen LogP contribution is -2.46. The zero-order valence-corrected chi connectivity index (χ0v) is 18.8. The highest BCUT2D eigenvalue weighted by Gasteiger charge is 2.33. The Morgan fingerprint density at radius 3 is 2.68 bits per heavy atom. The monoisotopic (exact) mass is 466 g/mol. The third-order valence-electron chi connectivity index (χ3n) is 5.16. The molecule has 0 aliphatic carbocycles. The summed E-state index contributed by atoms with van der Waals surface area (Å²) in [6, 6.07) is 4.78. The van der Waals surface area contributed by atoms with Crippen molar-refractivity contribution >= 4 is 51.6 Å². The Kier molecular flexibility index (Phi) is 6.46. The molecular weight excluding hydrogens is 443 g/mol. The Hall–Kier alpha value is -2.60. The van der Waals surface area contributed by atoms with Crippen LogP contribution in [0, 0.1) is 5.82 Å². The SMILES string of the molecule is CSc1nnc(N2CCN(c3ccc(N4C[C@H](CNC(C)=O)OC4=O)cc3F)CC2)s1. The summed E-state index contributed by atoms with van der Waals surface area (Å²) in [6.45, 7) is 4.68. The minimum absolute atomic E-state index is 0.194. The molecule has 12 heteroatoms.